The molecule has 1 aromatic heterocycles. The first-order chi connectivity index (χ1) is 14.6. The number of morpholine rings is 1. The van der Waals surface area contributed by atoms with Crippen molar-refractivity contribution in [1.29, 1.82) is 0 Å². The minimum atomic E-state index is -0.0700. The summed E-state index contributed by atoms with van der Waals surface area (Å²) in [7, 11) is 0. The highest BCUT2D eigenvalue weighted by Crippen LogP contribution is 2.23. The number of nitrogens with zero attached hydrogens (tertiary/aromatic N) is 3. The Morgan fingerprint density at radius 1 is 1.00 bits per heavy atom. The predicted octanol–water partition coefficient (Wildman–Crippen LogP) is 3.76. The molecular weight excluding hydrogens is 378 g/mol. The molecule has 0 bridgehead atoms. The van der Waals surface area contributed by atoms with Gasteiger partial charge in [-0.05, 0) is 25.0 Å². The average molecular weight is 405 g/mol. The summed E-state index contributed by atoms with van der Waals surface area (Å²) in [6.07, 6.45) is 1.80. The Bertz CT molecular complexity index is 962. The first kappa shape index (κ1) is 20.2. The van der Waals surface area contributed by atoms with Gasteiger partial charge in [0.2, 0.25) is 5.88 Å². The number of hydrogen-bond donors (Lipinski definition) is 0. The van der Waals surface area contributed by atoms with Gasteiger partial charge in [0.05, 0.1) is 18.8 Å². The molecule has 6 nitrogen and oxygen atoms in total. The summed E-state index contributed by atoms with van der Waals surface area (Å²) < 4.78 is 13.5. The summed E-state index contributed by atoms with van der Waals surface area (Å²) in [6, 6.07) is 19.9. The Labute approximate surface area is 177 Å². The molecular formula is C24H27N3O3. The van der Waals surface area contributed by atoms with Gasteiger partial charge in [0.15, 0.2) is 0 Å². The molecule has 0 spiro atoms. The highest BCUT2D eigenvalue weighted by molar-refractivity contribution is 5.96. The minimum Gasteiger partial charge on any atom is -0.471 e. The highest BCUT2D eigenvalue weighted by Gasteiger charge is 2.30. The number of carbonyl (C=O) groups is 1. The van der Waals surface area contributed by atoms with Crippen LogP contribution in [-0.4, -0.2) is 45.9 Å². The molecule has 0 radical (unpaired) electrons. The van der Waals surface area contributed by atoms with Crippen LogP contribution in [0.4, 0.5) is 0 Å². The van der Waals surface area contributed by atoms with Gasteiger partial charge in [-0.25, -0.2) is 0 Å². The molecule has 1 amide bonds. The Morgan fingerprint density at radius 2 is 1.60 bits per heavy atom. The Morgan fingerprint density at radius 3 is 2.23 bits per heavy atom. The van der Waals surface area contributed by atoms with E-state index in [1.54, 1.807) is 10.9 Å². The van der Waals surface area contributed by atoms with Gasteiger partial charge >= 0.3 is 0 Å². The Kier molecular flexibility index (Phi) is 6.14. The van der Waals surface area contributed by atoms with E-state index in [9.17, 15) is 4.79 Å². The normalized spacial score (nSPS) is 18.9. The maximum absolute atomic E-state index is 13.3. The van der Waals surface area contributed by atoms with E-state index < -0.39 is 0 Å². The standard InChI is InChI=1S/C24H27N3O3/c1-18-13-26(14-19(2)30-18)24(28)22-16-27(15-20-9-5-3-6-10-20)25-23(22)29-17-21-11-7-4-8-12-21/h3-12,16,18-19H,13-15,17H2,1-2H3/t18-,19+. The largest absolute Gasteiger partial charge is 0.471 e. The van der Waals surface area contributed by atoms with E-state index in [1.807, 2.05) is 79.4 Å². The summed E-state index contributed by atoms with van der Waals surface area (Å²) in [6.45, 7) is 6.03. The summed E-state index contributed by atoms with van der Waals surface area (Å²) in [5.41, 5.74) is 2.63. The lowest BCUT2D eigenvalue weighted by atomic mass is 10.2. The van der Waals surface area contributed by atoms with E-state index in [2.05, 4.69) is 5.10 Å². The van der Waals surface area contributed by atoms with E-state index in [-0.39, 0.29) is 18.1 Å². The van der Waals surface area contributed by atoms with Crippen LogP contribution in [0, 0.1) is 0 Å². The highest BCUT2D eigenvalue weighted by atomic mass is 16.5. The van der Waals surface area contributed by atoms with Crippen LogP contribution in [0.3, 0.4) is 0 Å². The van der Waals surface area contributed by atoms with Crippen LogP contribution >= 0.6 is 0 Å². The van der Waals surface area contributed by atoms with Gasteiger partial charge in [0, 0.05) is 19.3 Å². The van der Waals surface area contributed by atoms with Gasteiger partial charge < -0.3 is 14.4 Å². The molecule has 1 aliphatic heterocycles. The molecule has 0 N–H and O–H groups in total. The van der Waals surface area contributed by atoms with Crippen LogP contribution in [0.15, 0.2) is 66.9 Å². The number of carbonyl (C=O) groups excluding carboxylic acids is 1. The molecule has 0 unspecified atom stereocenters. The fraction of sp³-hybridized carbons (Fsp3) is 0.333. The lowest BCUT2D eigenvalue weighted by Gasteiger charge is -2.35. The third-order valence-corrected chi connectivity index (χ3v) is 5.07. The SMILES string of the molecule is C[C@@H]1CN(C(=O)c2cn(Cc3ccccc3)nc2OCc2ccccc2)C[C@H](C)O1. The molecule has 30 heavy (non-hydrogen) atoms. The first-order valence-electron chi connectivity index (χ1n) is 10.3. The van der Waals surface area contributed by atoms with E-state index in [0.29, 0.717) is 37.7 Å². The lowest BCUT2D eigenvalue weighted by Crippen LogP contribution is -2.48. The Hall–Kier alpha value is -3.12. The van der Waals surface area contributed by atoms with Crippen LogP contribution < -0.4 is 4.74 Å². The third-order valence-electron chi connectivity index (χ3n) is 5.07. The quantitative estimate of drug-likeness (QED) is 0.627. The molecule has 1 aliphatic rings. The molecule has 6 heteroatoms. The van der Waals surface area contributed by atoms with Crippen molar-refractivity contribution in [3.05, 3.63) is 83.6 Å². The smallest absolute Gasteiger partial charge is 0.261 e. The number of amides is 1. The maximum Gasteiger partial charge on any atom is 0.261 e. The summed E-state index contributed by atoms with van der Waals surface area (Å²) in [5.74, 6) is 0.297. The van der Waals surface area contributed by atoms with Crippen LogP contribution in [0.1, 0.15) is 35.3 Å². The molecule has 0 aliphatic carbocycles. The zero-order chi connectivity index (χ0) is 20.9. The van der Waals surface area contributed by atoms with Crippen molar-refractivity contribution in [3.63, 3.8) is 0 Å². The van der Waals surface area contributed by atoms with E-state index in [1.165, 1.54) is 0 Å². The summed E-state index contributed by atoms with van der Waals surface area (Å²) in [4.78, 5) is 15.2. The van der Waals surface area contributed by atoms with Gasteiger partial charge in [-0.3, -0.25) is 9.48 Å². The number of aromatic nitrogens is 2. The molecule has 1 saturated heterocycles. The molecule has 4 rings (SSSR count). The van der Waals surface area contributed by atoms with E-state index in [0.717, 1.165) is 11.1 Å². The van der Waals surface area contributed by atoms with Gasteiger partial charge in [-0.15, -0.1) is 5.10 Å². The van der Waals surface area contributed by atoms with Crippen LogP contribution in [0.25, 0.3) is 0 Å². The lowest BCUT2D eigenvalue weighted by molar-refractivity contribution is -0.0586. The predicted molar refractivity (Wildman–Crippen MR) is 114 cm³/mol. The Balaban J connectivity index is 1.58. The first-order valence-corrected chi connectivity index (χ1v) is 10.3. The fourth-order valence-corrected chi connectivity index (χ4v) is 3.75. The minimum absolute atomic E-state index is 0.00532. The van der Waals surface area contributed by atoms with E-state index >= 15 is 0 Å². The van der Waals surface area contributed by atoms with Crippen molar-refractivity contribution >= 4 is 5.91 Å². The van der Waals surface area contributed by atoms with Crippen molar-refractivity contribution in [1.82, 2.24) is 14.7 Å². The third kappa shape index (κ3) is 4.89. The summed E-state index contributed by atoms with van der Waals surface area (Å²) in [5, 5.41) is 4.59. The maximum atomic E-state index is 13.3. The molecule has 1 fully saturated rings. The van der Waals surface area contributed by atoms with E-state index in [4.69, 9.17) is 9.47 Å². The fourth-order valence-electron chi connectivity index (χ4n) is 3.75. The summed E-state index contributed by atoms with van der Waals surface area (Å²) >= 11 is 0. The molecule has 0 saturated carbocycles. The van der Waals surface area contributed by atoms with Gasteiger partial charge in [0.25, 0.3) is 5.91 Å². The van der Waals surface area contributed by atoms with Crippen LogP contribution in [0.5, 0.6) is 5.88 Å². The van der Waals surface area contributed by atoms with Crippen molar-refractivity contribution < 1.29 is 14.3 Å². The van der Waals surface area contributed by atoms with Gasteiger partial charge in [0.1, 0.15) is 12.2 Å². The molecule has 2 heterocycles. The second-order valence-electron chi connectivity index (χ2n) is 7.77. The number of ether oxygens (including phenoxy) is 2. The molecule has 156 valence electrons. The number of rotatable bonds is 6. The molecule has 2 atom stereocenters. The van der Waals surface area contributed by atoms with Crippen molar-refractivity contribution in [2.24, 2.45) is 0 Å². The number of benzene rings is 2. The molecule has 2 aromatic carbocycles. The monoisotopic (exact) mass is 405 g/mol. The topological polar surface area (TPSA) is 56.6 Å². The average Bonchev–Trinajstić information content (AvgIpc) is 3.15. The van der Waals surface area contributed by atoms with Gasteiger partial charge in [-0.2, -0.15) is 0 Å². The van der Waals surface area contributed by atoms with Crippen molar-refractivity contribution in [2.75, 3.05) is 13.1 Å². The number of hydrogen-bond acceptors (Lipinski definition) is 4. The van der Waals surface area contributed by atoms with Gasteiger partial charge in [-0.1, -0.05) is 60.7 Å². The van der Waals surface area contributed by atoms with Crippen LogP contribution in [0.2, 0.25) is 0 Å². The zero-order valence-electron chi connectivity index (χ0n) is 17.4. The second kappa shape index (κ2) is 9.13. The van der Waals surface area contributed by atoms with Crippen molar-refractivity contribution in [2.45, 2.75) is 39.2 Å². The van der Waals surface area contributed by atoms with Crippen LogP contribution in [-0.2, 0) is 17.9 Å². The second-order valence-corrected chi connectivity index (χ2v) is 7.77. The van der Waals surface area contributed by atoms with Crippen molar-refractivity contribution in [3.8, 4) is 5.88 Å². The molecule has 3 aromatic rings. The zero-order valence-corrected chi connectivity index (χ0v) is 17.4.